The van der Waals surface area contributed by atoms with Crippen LogP contribution >= 0.6 is 11.6 Å². The van der Waals surface area contributed by atoms with E-state index in [2.05, 4.69) is 4.72 Å². The lowest BCUT2D eigenvalue weighted by Gasteiger charge is -2.22. The third-order valence-electron chi connectivity index (χ3n) is 2.28. The monoisotopic (exact) mass is 311 g/mol. The highest BCUT2D eigenvalue weighted by Crippen LogP contribution is 2.35. The van der Waals surface area contributed by atoms with E-state index in [4.69, 9.17) is 11.6 Å². The van der Waals surface area contributed by atoms with Crippen LogP contribution in [0.3, 0.4) is 0 Å². The van der Waals surface area contributed by atoms with Gasteiger partial charge in [-0.2, -0.15) is 0 Å². The molecule has 0 bridgehead atoms. The molecule has 0 spiro atoms. The normalized spacial score (nSPS) is 13.1. The van der Waals surface area contributed by atoms with Crippen molar-refractivity contribution in [2.45, 2.75) is 44.6 Å². The predicted molar refractivity (Wildman–Crippen MR) is 71.2 cm³/mol. The fourth-order valence-corrected chi connectivity index (χ4v) is 3.53. The van der Waals surface area contributed by atoms with Gasteiger partial charge < -0.3 is 0 Å². The second-order valence-electron chi connectivity index (χ2n) is 5.26. The fraction of sp³-hybridized carbons (Fsp3) is 0.500. The van der Waals surface area contributed by atoms with Crippen molar-refractivity contribution in [2.24, 2.45) is 0 Å². The van der Waals surface area contributed by atoms with Crippen molar-refractivity contribution in [2.75, 3.05) is 0 Å². The van der Waals surface area contributed by atoms with Crippen LogP contribution < -0.4 is 4.72 Å². The van der Waals surface area contributed by atoms with E-state index in [0.717, 1.165) is 6.07 Å². The Morgan fingerprint density at radius 1 is 1.26 bits per heavy atom. The van der Waals surface area contributed by atoms with Gasteiger partial charge in [-0.15, -0.1) is 0 Å². The Morgan fingerprint density at radius 3 is 2.21 bits per heavy atom. The Morgan fingerprint density at radius 2 is 1.79 bits per heavy atom. The van der Waals surface area contributed by atoms with E-state index < -0.39 is 32.4 Å². The Balaban J connectivity index is 3.48. The minimum Gasteiger partial charge on any atom is -0.207 e. The zero-order valence-electron chi connectivity index (χ0n) is 11.1. The van der Waals surface area contributed by atoms with Crippen molar-refractivity contribution < 1.29 is 17.2 Å². The number of alkyl halides is 2. The van der Waals surface area contributed by atoms with Gasteiger partial charge in [0.1, 0.15) is 0 Å². The summed E-state index contributed by atoms with van der Waals surface area (Å²) in [5, 5.41) is -0.216. The third-order valence-corrected chi connectivity index (χ3v) is 4.60. The SMILES string of the molecule is Cc1ccc(S(=O)(=O)NC(C)(C)C)c(C(F)F)c1Cl. The number of sulfonamides is 1. The number of halogens is 3. The Labute approximate surface area is 117 Å². The van der Waals surface area contributed by atoms with Crippen molar-refractivity contribution in [3.8, 4) is 0 Å². The first-order valence-corrected chi connectivity index (χ1v) is 7.43. The number of benzene rings is 1. The molecule has 0 aliphatic carbocycles. The molecular weight excluding hydrogens is 296 g/mol. The molecule has 1 N–H and O–H groups in total. The van der Waals surface area contributed by atoms with Crippen LogP contribution in [0.25, 0.3) is 0 Å². The molecule has 1 aromatic rings. The van der Waals surface area contributed by atoms with Gasteiger partial charge in [0.05, 0.1) is 15.5 Å². The van der Waals surface area contributed by atoms with E-state index >= 15 is 0 Å². The summed E-state index contributed by atoms with van der Waals surface area (Å²) in [5.41, 5.74) is -1.01. The van der Waals surface area contributed by atoms with Crippen LogP contribution in [0.15, 0.2) is 17.0 Å². The van der Waals surface area contributed by atoms with E-state index in [0.29, 0.717) is 5.56 Å². The van der Waals surface area contributed by atoms with Crippen molar-refractivity contribution in [1.29, 1.82) is 0 Å². The lowest BCUT2D eigenvalue weighted by atomic mass is 10.1. The topological polar surface area (TPSA) is 46.2 Å². The number of rotatable bonds is 3. The summed E-state index contributed by atoms with van der Waals surface area (Å²) in [6.07, 6.45) is -2.96. The molecule has 1 aromatic carbocycles. The van der Waals surface area contributed by atoms with Crippen molar-refractivity contribution in [3.63, 3.8) is 0 Å². The molecule has 0 fully saturated rings. The zero-order chi connectivity index (χ0) is 15.0. The minimum absolute atomic E-state index is 0.216. The number of aryl methyl sites for hydroxylation is 1. The molecule has 0 radical (unpaired) electrons. The second-order valence-corrected chi connectivity index (χ2v) is 7.29. The molecule has 0 unspecified atom stereocenters. The molecule has 19 heavy (non-hydrogen) atoms. The first-order valence-electron chi connectivity index (χ1n) is 5.57. The lowest BCUT2D eigenvalue weighted by molar-refractivity contribution is 0.148. The third kappa shape index (κ3) is 3.87. The molecule has 7 heteroatoms. The first kappa shape index (κ1) is 16.3. The van der Waals surface area contributed by atoms with Gasteiger partial charge in [-0.1, -0.05) is 17.7 Å². The first-order chi connectivity index (χ1) is 8.46. The summed E-state index contributed by atoms with van der Waals surface area (Å²) in [4.78, 5) is -0.479. The van der Waals surface area contributed by atoms with Gasteiger partial charge in [0.25, 0.3) is 6.43 Å². The van der Waals surface area contributed by atoms with Crippen LogP contribution in [-0.4, -0.2) is 14.0 Å². The maximum Gasteiger partial charge on any atom is 0.266 e. The largest absolute Gasteiger partial charge is 0.266 e. The minimum atomic E-state index is -4.05. The van der Waals surface area contributed by atoms with Crippen LogP contribution in [0.1, 0.15) is 38.3 Å². The molecule has 0 saturated carbocycles. The highest BCUT2D eigenvalue weighted by molar-refractivity contribution is 7.89. The van der Waals surface area contributed by atoms with E-state index in [1.54, 1.807) is 27.7 Å². The molecule has 0 heterocycles. The molecule has 3 nitrogen and oxygen atoms in total. The molecule has 0 aliphatic rings. The van der Waals surface area contributed by atoms with E-state index in [-0.39, 0.29) is 5.02 Å². The maximum absolute atomic E-state index is 13.1. The van der Waals surface area contributed by atoms with Crippen LogP contribution in [0.5, 0.6) is 0 Å². The summed E-state index contributed by atoms with van der Waals surface area (Å²) in [6, 6.07) is 2.56. The number of hydrogen-bond donors (Lipinski definition) is 1. The second kappa shape index (κ2) is 5.34. The average Bonchev–Trinajstić information content (AvgIpc) is 2.17. The van der Waals surface area contributed by atoms with Crippen LogP contribution in [0.4, 0.5) is 8.78 Å². The predicted octanol–water partition coefficient (Wildman–Crippen LogP) is 3.66. The van der Waals surface area contributed by atoms with Crippen molar-refractivity contribution >= 4 is 21.6 Å². The quantitative estimate of drug-likeness (QED) is 0.926. The molecule has 0 aliphatic heterocycles. The Kier molecular flexibility index (Phi) is 4.59. The molecular formula is C12H16ClF2NO2S. The molecule has 0 atom stereocenters. The van der Waals surface area contributed by atoms with Crippen molar-refractivity contribution in [3.05, 3.63) is 28.3 Å². The van der Waals surface area contributed by atoms with E-state index in [9.17, 15) is 17.2 Å². The fourth-order valence-electron chi connectivity index (χ4n) is 1.58. The summed E-state index contributed by atoms with van der Waals surface area (Å²) in [5.74, 6) is 0. The molecule has 0 saturated heterocycles. The Hall–Kier alpha value is -0.720. The molecule has 0 amide bonds. The van der Waals surface area contributed by atoms with Gasteiger partial charge in [0.2, 0.25) is 10.0 Å². The molecule has 108 valence electrons. The maximum atomic E-state index is 13.1. The van der Waals surface area contributed by atoms with Crippen LogP contribution in [0.2, 0.25) is 5.02 Å². The van der Waals surface area contributed by atoms with Crippen molar-refractivity contribution in [1.82, 2.24) is 4.72 Å². The van der Waals surface area contributed by atoms with Gasteiger partial charge in [-0.05, 0) is 39.3 Å². The van der Waals surface area contributed by atoms with Gasteiger partial charge in [-0.3, -0.25) is 0 Å². The Bertz CT molecular complexity index is 580. The molecule has 0 aromatic heterocycles. The van der Waals surface area contributed by atoms with Crippen LogP contribution in [0, 0.1) is 6.92 Å². The zero-order valence-corrected chi connectivity index (χ0v) is 12.7. The number of nitrogens with one attached hydrogen (secondary N) is 1. The van der Waals surface area contributed by atoms with Gasteiger partial charge in [0, 0.05) is 5.54 Å². The summed E-state index contributed by atoms with van der Waals surface area (Å²) in [6.45, 7) is 6.43. The van der Waals surface area contributed by atoms with Crippen LogP contribution in [-0.2, 0) is 10.0 Å². The van der Waals surface area contributed by atoms with E-state index in [1.165, 1.54) is 6.07 Å². The van der Waals surface area contributed by atoms with E-state index in [1.807, 2.05) is 0 Å². The standard InChI is InChI=1S/C12H16ClF2NO2S/c1-7-5-6-8(9(10(7)13)11(14)15)19(17,18)16-12(2,3)4/h5-6,11,16H,1-4H3. The summed E-state index contributed by atoms with van der Waals surface area (Å²) in [7, 11) is -4.05. The summed E-state index contributed by atoms with van der Waals surface area (Å²) < 4.78 is 52.7. The highest BCUT2D eigenvalue weighted by atomic mass is 35.5. The van der Waals surface area contributed by atoms with Gasteiger partial charge in [0.15, 0.2) is 0 Å². The average molecular weight is 312 g/mol. The number of hydrogen-bond acceptors (Lipinski definition) is 2. The molecule has 1 rings (SSSR count). The summed E-state index contributed by atoms with van der Waals surface area (Å²) >= 11 is 5.80. The lowest BCUT2D eigenvalue weighted by Crippen LogP contribution is -2.40. The highest BCUT2D eigenvalue weighted by Gasteiger charge is 2.29. The van der Waals surface area contributed by atoms with Gasteiger partial charge in [-0.25, -0.2) is 21.9 Å². The van der Waals surface area contributed by atoms with Gasteiger partial charge >= 0.3 is 0 Å². The smallest absolute Gasteiger partial charge is 0.207 e.